The van der Waals surface area contributed by atoms with Gasteiger partial charge in [0.2, 0.25) is 11.5 Å². The molecule has 21 nitrogen and oxygen atoms in total. The number of hydrogen-bond donors (Lipinski definition) is 5. The third-order valence-corrected chi connectivity index (χ3v) is 11.4. The summed E-state index contributed by atoms with van der Waals surface area (Å²) >= 11 is 0. The van der Waals surface area contributed by atoms with Crippen molar-refractivity contribution in [3.63, 3.8) is 0 Å². The number of unbranched alkanes of at least 4 members (excludes halogenated alkanes) is 2. The fourth-order valence-electron chi connectivity index (χ4n) is 7.35. The van der Waals surface area contributed by atoms with Crippen LogP contribution in [0.15, 0.2) is 113 Å². The van der Waals surface area contributed by atoms with E-state index in [1.807, 2.05) is 34.9 Å². The van der Waals surface area contributed by atoms with Crippen LogP contribution in [0, 0.1) is 0 Å². The molecule has 0 aliphatic carbocycles. The van der Waals surface area contributed by atoms with Gasteiger partial charge in [-0.1, -0.05) is 36.9 Å². The van der Waals surface area contributed by atoms with Crippen molar-refractivity contribution in [2.75, 3.05) is 106 Å². The summed E-state index contributed by atoms with van der Waals surface area (Å²) in [6.07, 6.45) is 2.79. The number of phenols is 1. The fourth-order valence-corrected chi connectivity index (χ4v) is 7.35. The van der Waals surface area contributed by atoms with E-state index in [0.29, 0.717) is 146 Å². The number of alkyl carbamates (subject to hydrolysis) is 1. The fraction of sp³-hybridized carbons (Fsp3) is 0.456. The number of methoxy groups -OCH3 is 1. The molecule has 5 N–H and O–H groups in total. The van der Waals surface area contributed by atoms with E-state index in [0.717, 1.165) is 35.9 Å². The highest BCUT2D eigenvalue weighted by atomic mass is 16.6. The lowest BCUT2D eigenvalue weighted by atomic mass is 10.1. The number of amides is 4. The molecule has 0 aliphatic heterocycles. The molecule has 0 saturated heterocycles. The molecule has 0 unspecified atom stereocenters. The number of nitrogens with one attached hydrogen (secondary N) is 4. The highest BCUT2D eigenvalue weighted by molar-refractivity contribution is 5.96. The van der Waals surface area contributed by atoms with Gasteiger partial charge in [-0.25, -0.2) is 4.79 Å². The van der Waals surface area contributed by atoms with E-state index in [4.69, 9.17) is 37.9 Å². The number of imidazole rings is 1. The van der Waals surface area contributed by atoms with E-state index in [1.165, 1.54) is 13.2 Å². The first kappa shape index (κ1) is 61.6. The SMILES string of the molecule is C=C(OC)c1cccc(C(=O)/N=c2\[nH]c3ccccc3n2CCCCCNC(=O)CCOCCOCCOCCOCCOCCOCCNC(=O)c2ccc(/N=N/c3cc(CCNC(=O)OC(C)(C)C)ccc3O)cc2)c1. The lowest BCUT2D eigenvalue weighted by Gasteiger charge is -2.19. The summed E-state index contributed by atoms with van der Waals surface area (Å²) in [5, 5.41) is 27.1. The molecule has 78 heavy (non-hydrogen) atoms. The molecular formula is C57H76N8O13. The van der Waals surface area contributed by atoms with Gasteiger partial charge in [-0.05, 0) is 113 Å². The van der Waals surface area contributed by atoms with E-state index in [-0.39, 0.29) is 35.6 Å². The van der Waals surface area contributed by atoms with Crippen molar-refractivity contribution in [1.82, 2.24) is 25.5 Å². The lowest BCUT2D eigenvalue weighted by Crippen LogP contribution is -2.33. The van der Waals surface area contributed by atoms with Gasteiger partial charge in [-0.15, -0.1) is 5.11 Å². The Bertz CT molecular complexity index is 2750. The molecule has 0 radical (unpaired) electrons. The van der Waals surface area contributed by atoms with Crippen molar-refractivity contribution in [3.05, 3.63) is 125 Å². The van der Waals surface area contributed by atoms with Crippen LogP contribution < -0.4 is 21.6 Å². The maximum Gasteiger partial charge on any atom is 0.407 e. The van der Waals surface area contributed by atoms with Gasteiger partial charge >= 0.3 is 6.09 Å². The van der Waals surface area contributed by atoms with Gasteiger partial charge in [0.25, 0.3) is 11.8 Å². The molecule has 0 aliphatic rings. The Morgan fingerprint density at radius 3 is 1.95 bits per heavy atom. The maximum absolute atomic E-state index is 13.2. The Kier molecular flexibility index (Phi) is 27.2. The van der Waals surface area contributed by atoms with Gasteiger partial charge in [0.15, 0.2) is 0 Å². The summed E-state index contributed by atoms with van der Waals surface area (Å²) in [5.41, 5.74) is 4.96. The van der Waals surface area contributed by atoms with Gasteiger partial charge in [0.05, 0.1) is 103 Å². The van der Waals surface area contributed by atoms with Gasteiger partial charge in [-0.2, -0.15) is 10.1 Å². The van der Waals surface area contributed by atoms with Crippen LogP contribution in [0.4, 0.5) is 16.2 Å². The first-order chi connectivity index (χ1) is 37.8. The zero-order chi connectivity index (χ0) is 55.8. The number of H-pyrrole nitrogens is 1. The van der Waals surface area contributed by atoms with E-state index in [9.17, 15) is 24.3 Å². The number of phenolic OH excluding ortho intramolecular Hbond substituents is 1. The summed E-state index contributed by atoms with van der Waals surface area (Å²) in [7, 11) is 1.54. The van der Waals surface area contributed by atoms with Crippen LogP contribution in [0.2, 0.25) is 0 Å². The van der Waals surface area contributed by atoms with Crippen LogP contribution in [0.1, 0.15) is 78.3 Å². The van der Waals surface area contributed by atoms with Crippen LogP contribution in [0.5, 0.6) is 5.75 Å². The molecule has 1 aromatic heterocycles. The number of para-hydroxylation sites is 2. The number of aromatic amines is 1. The van der Waals surface area contributed by atoms with Gasteiger partial charge < -0.3 is 68.5 Å². The number of aryl methyl sites for hydroxylation is 1. The first-order valence-electron chi connectivity index (χ1n) is 26.2. The van der Waals surface area contributed by atoms with Crippen molar-refractivity contribution >= 4 is 52.0 Å². The second-order valence-electron chi connectivity index (χ2n) is 18.6. The van der Waals surface area contributed by atoms with Crippen LogP contribution in [0.25, 0.3) is 16.8 Å². The third kappa shape index (κ3) is 23.5. The zero-order valence-electron chi connectivity index (χ0n) is 45.4. The smallest absolute Gasteiger partial charge is 0.407 e. The maximum atomic E-state index is 13.2. The Balaban J connectivity index is 0.779. The highest BCUT2D eigenvalue weighted by Crippen LogP contribution is 2.29. The Morgan fingerprint density at radius 2 is 1.28 bits per heavy atom. The topological polar surface area (TPSA) is 256 Å². The van der Waals surface area contributed by atoms with Crippen LogP contribution in [-0.2, 0) is 55.7 Å². The lowest BCUT2D eigenvalue weighted by molar-refractivity contribution is -0.122. The Morgan fingerprint density at radius 1 is 0.641 bits per heavy atom. The summed E-state index contributed by atoms with van der Waals surface area (Å²) in [6, 6.07) is 26.4. The predicted molar refractivity (Wildman–Crippen MR) is 294 cm³/mol. The molecular weight excluding hydrogens is 1000 g/mol. The molecule has 422 valence electrons. The second kappa shape index (κ2) is 34.5. The first-order valence-corrected chi connectivity index (χ1v) is 26.2. The van der Waals surface area contributed by atoms with Crippen LogP contribution >= 0.6 is 0 Å². The number of fused-ring (bicyclic) bond motifs is 1. The Labute approximate surface area is 455 Å². The third-order valence-electron chi connectivity index (χ3n) is 11.4. The molecule has 5 rings (SSSR count). The minimum Gasteiger partial charge on any atom is -0.506 e. The number of azo groups is 1. The van der Waals surface area contributed by atoms with E-state index in [2.05, 4.69) is 42.7 Å². The van der Waals surface area contributed by atoms with Crippen molar-refractivity contribution < 1.29 is 62.2 Å². The normalized spacial score (nSPS) is 11.8. The second-order valence-corrected chi connectivity index (χ2v) is 18.6. The molecule has 0 spiro atoms. The van der Waals surface area contributed by atoms with E-state index < -0.39 is 11.7 Å². The van der Waals surface area contributed by atoms with E-state index in [1.54, 1.807) is 75.4 Å². The molecule has 0 atom stereocenters. The molecule has 0 bridgehead atoms. The zero-order valence-corrected chi connectivity index (χ0v) is 45.4. The van der Waals surface area contributed by atoms with Gasteiger partial charge in [-0.3, -0.25) is 14.4 Å². The molecule has 0 fully saturated rings. The summed E-state index contributed by atoms with van der Waals surface area (Å²) < 4.78 is 45.7. The number of benzene rings is 4. The largest absolute Gasteiger partial charge is 0.506 e. The van der Waals surface area contributed by atoms with Crippen LogP contribution in [-0.4, -0.2) is 150 Å². The average Bonchev–Trinajstić information content (AvgIpc) is 3.77. The average molecular weight is 1080 g/mol. The summed E-state index contributed by atoms with van der Waals surface area (Å²) in [4.78, 5) is 57.7. The van der Waals surface area contributed by atoms with Crippen LogP contribution in [0.3, 0.4) is 0 Å². The number of aromatic nitrogens is 2. The number of aromatic hydroxyl groups is 1. The molecule has 5 aromatic rings. The standard InChI is InChI=1S/C57H76N8O13/c1-42(71-5)45-12-11-13-46(41-45)54(69)62-55-61-48-14-7-8-15-50(48)65(55)27-10-6-9-24-58-52(67)23-28-72-30-32-74-34-36-76-38-39-77-37-35-75-33-31-73-29-26-59-53(68)44-17-19-47(20-18-44)63-64-49-40-43(16-21-51(49)66)22-25-60-56(70)78-57(2,3)4/h7-8,11-21,40-41,66H,1,6,9-10,22-39H2,2-5H3,(H,58,67)(H,59,68)(H,60,70)(H,61,62,69)/b64-63+. The van der Waals surface area contributed by atoms with Crippen molar-refractivity contribution in [2.24, 2.45) is 15.2 Å². The highest BCUT2D eigenvalue weighted by Gasteiger charge is 2.16. The van der Waals surface area contributed by atoms with Crippen molar-refractivity contribution in [1.29, 1.82) is 0 Å². The number of carbonyl (C=O) groups excluding carboxylic acids is 4. The number of hydrogen-bond acceptors (Lipinski definition) is 15. The van der Waals surface area contributed by atoms with Crippen molar-refractivity contribution in [3.8, 4) is 5.75 Å². The van der Waals surface area contributed by atoms with Crippen molar-refractivity contribution in [2.45, 2.75) is 65.0 Å². The minimum absolute atomic E-state index is 0.0354. The molecule has 0 saturated carbocycles. The van der Waals surface area contributed by atoms with Gasteiger partial charge in [0, 0.05) is 49.3 Å². The number of nitrogens with zero attached hydrogens (tertiary/aromatic N) is 4. The predicted octanol–water partition coefficient (Wildman–Crippen LogP) is 7.72. The molecule has 1 heterocycles. The monoisotopic (exact) mass is 1080 g/mol. The number of carbonyl (C=O) groups is 4. The molecule has 4 amide bonds. The number of ether oxygens (including phenoxy) is 8. The molecule has 21 heteroatoms. The van der Waals surface area contributed by atoms with Gasteiger partial charge in [0.1, 0.15) is 22.8 Å². The quantitative estimate of drug-likeness (QED) is 0.0146. The summed E-state index contributed by atoms with van der Waals surface area (Å²) in [5.74, 6) is -0.261. The molecule has 4 aromatic carbocycles. The number of rotatable bonds is 36. The minimum atomic E-state index is -0.585. The Hall–Kier alpha value is -7.27. The van der Waals surface area contributed by atoms with E-state index >= 15 is 0 Å². The summed E-state index contributed by atoms with van der Waals surface area (Å²) in [6.45, 7) is 15.8.